The van der Waals surface area contributed by atoms with Gasteiger partial charge in [-0.3, -0.25) is 0 Å². The normalized spacial score (nSPS) is 11.1. The number of para-hydroxylation sites is 4. The molecule has 404 valence electrons. The Morgan fingerprint density at radius 1 is 0.165 bits per heavy atom. The van der Waals surface area contributed by atoms with Crippen molar-refractivity contribution in [2.24, 2.45) is 0 Å². The summed E-state index contributed by atoms with van der Waals surface area (Å²) < 4.78 is 0. The Morgan fingerprint density at radius 2 is 0.388 bits per heavy atom. The van der Waals surface area contributed by atoms with Gasteiger partial charge in [-0.2, -0.15) is 0 Å². The maximum Gasteiger partial charge on any atom is 0.0540 e. The lowest BCUT2D eigenvalue weighted by molar-refractivity contribution is 1.18. The van der Waals surface area contributed by atoms with Crippen LogP contribution in [-0.4, -0.2) is 0 Å². The molecule has 0 saturated carbocycles. The molecule has 0 amide bonds. The van der Waals surface area contributed by atoms with Gasteiger partial charge in [0.2, 0.25) is 0 Å². The van der Waals surface area contributed by atoms with Crippen LogP contribution >= 0.6 is 0 Å². The number of fused-ring (bicyclic) bond motifs is 2. The highest BCUT2D eigenvalue weighted by atomic mass is 15.2. The minimum atomic E-state index is 0.814. The first-order valence-electron chi connectivity index (χ1n) is 29.1. The zero-order chi connectivity index (χ0) is 56.7. The van der Waals surface area contributed by atoms with Gasteiger partial charge in [-0.15, -0.1) is 0 Å². The van der Waals surface area contributed by atoms with E-state index in [0.717, 1.165) is 96.9 Å². The van der Waals surface area contributed by atoms with Gasteiger partial charge in [-0.25, -0.2) is 0 Å². The van der Waals surface area contributed by atoms with E-state index in [2.05, 4.69) is 371 Å². The Hall–Kier alpha value is -11.2. The SMILES string of the molecule is c1ccc(N(c2ccc(Cc3ccc(N(c4ccccc4)c4ccc(-c5ccc(N(c6ccccc6)c6cccc7ccccc67)cc5)cc4)cc3)cc2)c2ccc(-c3ccc(N(c4ccccc4)c4cccc5ccccc45)cc3)cc2)cc1. The Kier molecular flexibility index (Phi) is 14.5. The first-order valence-corrected chi connectivity index (χ1v) is 29.1. The summed E-state index contributed by atoms with van der Waals surface area (Å²) in [6.45, 7) is 0. The summed E-state index contributed by atoms with van der Waals surface area (Å²) in [7, 11) is 0. The summed E-state index contributed by atoms with van der Waals surface area (Å²) >= 11 is 0. The van der Waals surface area contributed by atoms with Crippen LogP contribution in [0.4, 0.5) is 68.2 Å². The molecular formula is C81H60N4. The third-order valence-electron chi connectivity index (χ3n) is 16.0. The van der Waals surface area contributed by atoms with Gasteiger partial charge in [0, 0.05) is 67.6 Å². The summed E-state index contributed by atoms with van der Waals surface area (Å²) in [4.78, 5) is 9.37. The molecule has 0 heterocycles. The number of hydrogen-bond donors (Lipinski definition) is 0. The van der Waals surface area contributed by atoms with Gasteiger partial charge >= 0.3 is 0 Å². The minimum absolute atomic E-state index is 0.814. The summed E-state index contributed by atoms with van der Waals surface area (Å²) in [5, 5.41) is 4.86. The first-order chi connectivity index (χ1) is 42.1. The number of hydrogen-bond acceptors (Lipinski definition) is 4. The Labute approximate surface area is 498 Å². The topological polar surface area (TPSA) is 13.0 Å². The van der Waals surface area contributed by atoms with E-state index in [4.69, 9.17) is 0 Å². The van der Waals surface area contributed by atoms with E-state index in [0.29, 0.717) is 0 Å². The van der Waals surface area contributed by atoms with Gasteiger partial charge in [0.25, 0.3) is 0 Å². The lowest BCUT2D eigenvalue weighted by Gasteiger charge is -2.27. The van der Waals surface area contributed by atoms with Crippen molar-refractivity contribution in [3.63, 3.8) is 0 Å². The summed E-state index contributed by atoms with van der Waals surface area (Å²) in [5.41, 5.74) is 20.5. The second-order valence-electron chi connectivity index (χ2n) is 21.4. The Morgan fingerprint density at radius 3 is 0.694 bits per heavy atom. The molecule has 4 nitrogen and oxygen atoms in total. The van der Waals surface area contributed by atoms with Crippen LogP contribution in [0.3, 0.4) is 0 Å². The lowest BCUT2D eigenvalue weighted by atomic mass is 10.0. The van der Waals surface area contributed by atoms with Gasteiger partial charge in [-0.1, -0.05) is 218 Å². The van der Waals surface area contributed by atoms with Crippen LogP contribution in [-0.2, 0) is 6.42 Å². The fraction of sp³-hybridized carbons (Fsp3) is 0.0123. The molecule has 85 heavy (non-hydrogen) atoms. The smallest absolute Gasteiger partial charge is 0.0540 e. The molecule has 0 N–H and O–H groups in total. The van der Waals surface area contributed by atoms with Crippen LogP contribution in [0.25, 0.3) is 43.8 Å². The third-order valence-corrected chi connectivity index (χ3v) is 16.0. The standard InChI is InChI=1S/C81H60N4/c1-5-23-68(24-6-1)82(74-51-39-62(40-52-74)64-43-55-76(56-44-64)84(70-27-9-3-10-28-70)80-33-17-21-66-19-13-15-31-78(66)80)72-47-35-60(36-48-72)59-61-37-49-73(50-38-61)83(69-25-7-2-8-26-69)75-53-41-63(42-54-75)65-45-57-77(58-46-65)85(71-29-11-4-12-30-71)81-34-18-22-67-20-14-16-32-79(67)81/h1-58H,59H2. The molecule has 0 aromatic heterocycles. The van der Waals surface area contributed by atoms with Gasteiger partial charge in [0.15, 0.2) is 0 Å². The highest BCUT2D eigenvalue weighted by Gasteiger charge is 2.19. The van der Waals surface area contributed by atoms with Crippen LogP contribution in [0.2, 0.25) is 0 Å². The van der Waals surface area contributed by atoms with E-state index >= 15 is 0 Å². The highest BCUT2D eigenvalue weighted by Crippen LogP contribution is 2.43. The van der Waals surface area contributed by atoms with Crippen molar-refractivity contribution in [3.05, 3.63) is 363 Å². The molecule has 0 saturated heterocycles. The zero-order valence-corrected chi connectivity index (χ0v) is 47.0. The van der Waals surface area contributed by atoms with Gasteiger partial charge < -0.3 is 19.6 Å². The molecule has 0 bridgehead atoms. The third kappa shape index (κ3) is 10.9. The van der Waals surface area contributed by atoms with Gasteiger partial charge in [0.05, 0.1) is 11.4 Å². The Bertz CT molecular complexity index is 4190. The largest absolute Gasteiger partial charge is 0.311 e. The minimum Gasteiger partial charge on any atom is -0.311 e. The van der Waals surface area contributed by atoms with E-state index in [1.54, 1.807) is 0 Å². The molecule has 14 aromatic carbocycles. The average Bonchev–Trinajstić information content (AvgIpc) is 3.77. The molecule has 4 heteroatoms. The molecule has 0 unspecified atom stereocenters. The second-order valence-corrected chi connectivity index (χ2v) is 21.4. The van der Waals surface area contributed by atoms with Crippen LogP contribution in [0, 0.1) is 0 Å². The van der Waals surface area contributed by atoms with Crippen molar-refractivity contribution in [1.29, 1.82) is 0 Å². The predicted octanol–water partition coefficient (Wildman–Crippen LogP) is 22.8. The second kappa shape index (κ2) is 23.7. The monoisotopic (exact) mass is 1090 g/mol. The molecular weight excluding hydrogens is 1030 g/mol. The first kappa shape index (κ1) is 51.9. The molecule has 0 aliphatic rings. The molecule has 0 atom stereocenters. The van der Waals surface area contributed by atoms with Crippen molar-refractivity contribution in [2.45, 2.75) is 6.42 Å². The summed E-state index contributed by atoms with van der Waals surface area (Å²) in [5.74, 6) is 0. The van der Waals surface area contributed by atoms with Crippen LogP contribution < -0.4 is 19.6 Å². The van der Waals surface area contributed by atoms with Gasteiger partial charge in [-0.05, 0) is 184 Å². The zero-order valence-electron chi connectivity index (χ0n) is 47.0. The van der Waals surface area contributed by atoms with E-state index in [9.17, 15) is 0 Å². The maximum atomic E-state index is 2.35. The summed E-state index contributed by atoms with van der Waals surface area (Å²) in [6, 6.07) is 127. The van der Waals surface area contributed by atoms with Crippen molar-refractivity contribution in [3.8, 4) is 22.3 Å². The maximum absolute atomic E-state index is 2.35. The van der Waals surface area contributed by atoms with Crippen LogP contribution in [0.15, 0.2) is 352 Å². The molecule has 0 spiro atoms. The van der Waals surface area contributed by atoms with Crippen molar-refractivity contribution < 1.29 is 0 Å². The van der Waals surface area contributed by atoms with E-state index in [-0.39, 0.29) is 0 Å². The molecule has 14 rings (SSSR count). The number of nitrogens with zero attached hydrogens (tertiary/aromatic N) is 4. The Balaban J connectivity index is 0.680. The number of anilines is 12. The van der Waals surface area contributed by atoms with Crippen LogP contribution in [0.5, 0.6) is 0 Å². The fourth-order valence-corrected chi connectivity index (χ4v) is 11.8. The predicted molar refractivity (Wildman–Crippen MR) is 360 cm³/mol. The highest BCUT2D eigenvalue weighted by molar-refractivity contribution is 6.00. The molecule has 14 aromatic rings. The van der Waals surface area contributed by atoms with Gasteiger partial charge in [0.1, 0.15) is 0 Å². The molecule has 0 fully saturated rings. The fourth-order valence-electron chi connectivity index (χ4n) is 11.8. The van der Waals surface area contributed by atoms with E-state index in [1.165, 1.54) is 32.7 Å². The van der Waals surface area contributed by atoms with Crippen molar-refractivity contribution in [2.75, 3.05) is 19.6 Å². The number of benzene rings is 14. The molecule has 0 aliphatic carbocycles. The van der Waals surface area contributed by atoms with Crippen molar-refractivity contribution >= 4 is 89.8 Å². The van der Waals surface area contributed by atoms with Crippen molar-refractivity contribution in [1.82, 2.24) is 0 Å². The van der Waals surface area contributed by atoms with E-state index in [1.807, 2.05) is 0 Å². The average molecular weight is 1090 g/mol. The quantitative estimate of drug-likeness (QED) is 0.0956. The lowest BCUT2D eigenvalue weighted by Crippen LogP contribution is -2.10. The molecule has 0 radical (unpaired) electrons. The van der Waals surface area contributed by atoms with E-state index < -0.39 is 0 Å². The van der Waals surface area contributed by atoms with Crippen LogP contribution in [0.1, 0.15) is 11.1 Å². The number of rotatable bonds is 16. The molecule has 0 aliphatic heterocycles. The summed E-state index contributed by atoms with van der Waals surface area (Å²) in [6.07, 6.45) is 0.814.